The molecule has 0 fully saturated rings. The lowest BCUT2D eigenvalue weighted by atomic mass is 9.99. The van der Waals surface area contributed by atoms with Gasteiger partial charge in [-0.2, -0.15) is 0 Å². The van der Waals surface area contributed by atoms with Gasteiger partial charge in [-0.05, 0) is 17.5 Å². The average molecular weight is 383 g/mol. The molecule has 2 N–H and O–H groups in total. The maximum atomic E-state index is 13.2. The van der Waals surface area contributed by atoms with E-state index in [1.165, 1.54) is 4.90 Å². The number of carbonyl (C=O) groups excluding carboxylic acids is 1. The predicted molar refractivity (Wildman–Crippen MR) is 94.9 cm³/mol. The summed E-state index contributed by atoms with van der Waals surface area (Å²) in [6, 6.07) is 9.12. The van der Waals surface area contributed by atoms with Crippen LogP contribution in [0.5, 0.6) is 0 Å². The number of benzene rings is 1. The van der Waals surface area contributed by atoms with Crippen LogP contribution in [0.25, 0.3) is 10.9 Å². The molecule has 0 saturated carbocycles. The van der Waals surface area contributed by atoms with Gasteiger partial charge in [-0.3, -0.25) is 4.79 Å². The van der Waals surface area contributed by atoms with Crippen LogP contribution < -0.4 is 0 Å². The molecule has 0 unspecified atom stereocenters. The number of rotatable bonds is 3. The number of amides is 1. The highest BCUT2D eigenvalue weighted by Gasteiger charge is 2.38. The molecular weight excluding hydrogens is 368 g/mol. The second kappa shape index (κ2) is 6.29. The van der Waals surface area contributed by atoms with Crippen molar-refractivity contribution in [3.05, 3.63) is 71.6 Å². The van der Waals surface area contributed by atoms with Gasteiger partial charge in [0.15, 0.2) is 12.1 Å². The first kappa shape index (κ1) is 16.7. The highest BCUT2D eigenvalue weighted by molar-refractivity contribution is 5.93. The molecule has 0 aliphatic carbocycles. The predicted octanol–water partition coefficient (Wildman–Crippen LogP) is 3.60. The van der Waals surface area contributed by atoms with E-state index < -0.39 is 29.8 Å². The van der Waals surface area contributed by atoms with Crippen molar-refractivity contribution in [2.75, 3.05) is 6.54 Å². The second-order valence-electron chi connectivity index (χ2n) is 6.60. The topological polar surface area (TPSA) is 90.8 Å². The SMILES string of the molecule is O=C(c1ocnc1C(F)F)N1CCc2[nH]cnc2[C@H]1c1cc2ccccc2[nH]1. The number of hydrogen-bond acceptors (Lipinski definition) is 4. The minimum Gasteiger partial charge on any atom is -0.438 e. The van der Waals surface area contributed by atoms with Gasteiger partial charge in [-0.1, -0.05) is 18.2 Å². The van der Waals surface area contributed by atoms with Crippen LogP contribution in [0.3, 0.4) is 0 Å². The number of imidazole rings is 1. The van der Waals surface area contributed by atoms with Crippen LogP contribution in [0.2, 0.25) is 0 Å². The number of para-hydroxylation sites is 1. The number of nitrogens with zero attached hydrogens (tertiary/aromatic N) is 3. The Kier molecular flexibility index (Phi) is 3.75. The lowest BCUT2D eigenvalue weighted by molar-refractivity contribution is 0.0640. The lowest BCUT2D eigenvalue weighted by Gasteiger charge is -2.34. The number of fused-ring (bicyclic) bond motifs is 2. The summed E-state index contributed by atoms with van der Waals surface area (Å²) in [5, 5.41) is 0.987. The van der Waals surface area contributed by atoms with Crippen LogP contribution in [-0.4, -0.2) is 37.3 Å². The van der Waals surface area contributed by atoms with Crippen LogP contribution in [0.15, 0.2) is 47.5 Å². The number of H-pyrrole nitrogens is 2. The number of aromatic amines is 2. The summed E-state index contributed by atoms with van der Waals surface area (Å²) in [6.45, 7) is 0.331. The van der Waals surface area contributed by atoms with Crippen LogP contribution >= 0.6 is 0 Å². The van der Waals surface area contributed by atoms with Crippen molar-refractivity contribution < 1.29 is 18.0 Å². The number of oxazole rings is 1. The van der Waals surface area contributed by atoms with Gasteiger partial charge in [0.25, 0.3) is 12.3 Å². The van der Waals surface area contributed by atoms with Gasteiger partial charge in [0.1, 0.15) is 6.04 Å². The Morgan fingerprint density at radius 2 is 2.14 bits per heavy atom. The van der Waals surface area contributed by atoms with Crippen molar-refractivity contribution in [2.24, 2.45) is 0 Å². The number of hydrogen-bond donors (Lipinski definition) is 2. The molecule has 9 heteroatoms. The molecule has 5 rings (SSSR count). The smallest absolute Gasteiger partial charge is 0.292 e. The van der Waals surface area contributed by atoms with Gasteiger partial charge in [0.2, 0.25) is 5.76 Å². The molecule has 1 aliphatic heterocycles. The number of aromatic nitrogens is 4. The standard InChI is InChI=1S/C19H15F2N5O2/c20-18(21)15-17(28-9-24-15)19(27)26-6-5-12-14(23-8-22-12)16(26)13-7-10-3-1-2-4-11(10)25-13/h1-4,7-9,16,18,25H,5-6H2,(H,22,23)/t16-/m1/s1. The molecule has 1 aromatic carbocycles. The molecule has 1 atom stereocenters. The highest BCUT2D eigenvalue weighted by Crippen LogP contribution is 2.36. The molecular formula is C19H15F2N5O2. The van der Waals surface area contributed by atoms with Crippen molar-refractivity contribution in [1.29, 1.82) is 0 Å². The van der Waals surface area contributed by atoms with E-state index in [0.29, 0.717) is 18.7 Å². The summed E-state index contributed by atoms with van der Waals surface area (Å²) in [5.41, 5.74) is 2.62. The summed E-state index contributed by atoms with van der Waals surface area (Å²) in [5.74, 6) is -1.07. The van der Waals surface area contributed by atoms with Gasteiger partial charge in [-0.25, -0.2) is 18.7 Å². The first-order valence-corrected chi connectivity index (χ1v) is 8.75. The molecule has 142 valence electrons. The fourth-order valence-corrected chi connectivity index (χ4v) is 3.75. The second-order valence-corrected chi connectivity index (χ2v) is 6.60. The molecule has 0 bridgehead atoms. The third-order valence-electron chi connectivity index (χ3n) is 5.03. The molecule has 0 saturated heterocycles. The Labute approximate surface area is 157 Å². The van der Waals surface area contributed by atoms with E-state index in [2.05, 4.69) is 19.9 Å². The summed E-state index contributed by atoms with van der Waals surface area (Å²) in [4.78, 5) is 28.9. The molecule has 4 aromatic rings. The summed E-state index contributed by atoms with van der Waals surface area (Å²) in [7, 11) is 0. The van der Waals surface area contributed by atoms with E-state index >= 15 is 0 Å². The summed E-state index contributed by atoms with van der Waals surface area (Å²) >= 11 is 0. The zero-order chi connectivity index (χ0) is 19.3. The minimum atomic E-state index is -2.89. The monoisotopic (exact) mass is 383 g/mol. The normalized spacial score (nSPS) is 16.7. The van der Waals surface area contributed by atoms with Gasteiger partial charge >= 0.3 is 0 Å². The summed E-state index contributed by atoms with van der Waals surface area (Å²) in [6.07, 6.45) is 0.0924. The molecule has 28 heavy (non-hydrogen) atoms. The fourth-order valence-electron chi connectivity index (χ4n) is 3.75. The van der Waals surface area contributed by atoms with Crippen molar-refractivity contribution in [1.82, 2.24) is 24.8 Å². The molecule has 0 radical (unpaired) electrons. The number of carbonyl (C=O) groups is 1. The van der Waals surface area contributed by atoms with Crippen molar-refractivity contribution >= 4 is 16.8 Å². The first-order valence-electron chi connectivity index (χ1n) is 8.75. The van der Waals surface area contributed by atoms with Gasteiger partial charge in [0, 0.05) is 29.9 Å². The maximum Gasteiger partial charge on any atom is 0.292 e. The van der Waals surface area contributed by atoms with Gasteiger partial charge in [0.05, 0.1) is 12.0 Å². The van der Waals surface area contributed by atoms with Gasteiger partial charge < -0.3 is 19.3 Å². The van der Waals surface area contributed by atoms with Crippen LogP contribution in [0, 0.1) is 0 Å². The van der Waals surface area contributed by atoms with Crippen molar-refractivity contribution in [3.63, 3.8) is 0 Å². The Morgan fingerprint density at radius 1 is 1.29 bits per heavy atom. The first-order chi connectivity index (χ1) is 13.6. The van der Waals surface area contributed by atoms with E-state index in [1.54, 1.807) is 6.33 Å². The van der Waals surface area contributed by atoms with Gasteiger partial charge in [-0.15, -0.1) is 0 Å². The minimum absolute atomic E-state index is 0.331. The van der Waals surface area contributed by atoms with E-state index in [-0.39, 0.29) is 0 Å². The Morgan fingerprint density at radius 3 is 2.96 bits per heavy atom. The third kappa shape index (κ3) is 2.50. The van der Waals surface area contributed by atoms with Crippen molar-refractivity contribution in [3.8, 4) is 0 Å². The quantitative estimate of drug-likeness (QED) is 0.566. The third-order valence-corrected chi connectivity index (χ3v) is 5.03. The van der Waals surface area contributed by atoms with E-state index in [1.807, 2.05) is 30.3 Å². The number of halogens is 2. The number of alkyl halides is 2. The zero-order valence-electron chi connectivity index (χ0n) is 14.5. The molecule has 1 amide bonds. The largest absolute Gasteiger partial charge is 0.438 e. The zero-order valence-corrected chi connectivity index (χ0v) is 14.5. The maximum absolute atomic E-state index is 13.2. The summed E-state index contributed by atoms with van der Waals surface area (Å²) < 4.78 is 31.5. The Balaban J connectivity index is 1.62. The van der Waals surface area contributed by atoms with Crippen LogP contribution in [-0.2, 0) is 6.42 Å². The van der Waals surface area contributed by atoms with Crippen LogP contribution in [0.4, 0.5) is 8.78 Å². The average Bonchev–Trinajstić information content (AvgIpc) is 3.44. The molecule has 4 heterocycles. The number of nitrogens with one attached hydrogen (secondary N) is 2. The molecule has 3 aromatic heterocycles. The molecule has 7 nitrogen and oxygen atoms in total. The van der Waals surface area contributed by atoms with E-state index in [9.17, 15) is 13.6 Å². The molecule has 1 aliphatic rings. The Hall–Kier alpha value is -3.49. The highest BCUT2D eigenvalue weighted by atomic mass is 19.3. The van der Waals surface area contributed by atoms with E-state index in [0.717, 1.165) is 28.7 Å². The lowest BCUT2D eigenvalue weighted by Crippen LogP contribution is -2.41. The Bertz CT molecular complexity index is 1130. The van der Waals surface area contributed by atoms with Crippen molar-refractivity contribution in [2.45, 2.75) is 18.9 Å². The van der Waals surface area contributed by atoms with Crippen LogP contribution in [0.1, 0.15) is 45.8 Å². The fraction of sp³-hybridized carbons (Fsp3) is 0.211. The van der Waals surface area contributed by atoms with E-state index in [4.69, 9.17) is 4.42 Å². The molecule has 0 spiro atoms.